The third-order valence-electron chi connectivity index (χ3n) is 5.17. The first-order valence-corrected chi connectivity index (χ1v) is 8.21. The lowest BCUT2D eigenvalue weighted by molar-refractivity contribution is -0.184. The molecular weight excluding hydrogens is 306 g/mol. The Morgan fingerprint density at radius 3 is 2.33 bits per heavy atom. The lowest BCUT2D eigenvalue weighted by atomic mass is 9.79. The second kappa shape index (κ2) is 6.15. The Balaban J connectivity index is 1.95. The fourth-order valence-corrected chi connectivity index (χ4v) is 3.88. The molecule has 1 spiro atoms. The van der Waals surface area contributed by atoms with Crippen LogP contribution < -0.4 is 0 Å². The van der Waals surface area contributed by atoms with Crippen molar-refractivity contribution < 1.29 is 19.2 Å². The molecule has 0 amide bonds. The van der Waals surface area contributed by atoms with Gasteiger partial charge in [-0.25, -0.2) is 0 Å². The number of Topliss-reactive ketones (excluding diaryl/α,β-unsaturated/α-hetero) is 1. The van der Waals surface area contributed by atoms with Crippen molar-refractivity contribution in [2.75, 3.05) is 20.2 Å². The van der Waals surface area contributed by atoms with E-state index in [1.54, 1.807) is 18.2 Å². The summed E-state index contributed by atoms with van der Waals surface area (Å²) in [7, 11) is 1.61. The molecule has 1 atom stereocenters. The zero-order chi connectivity index (χ0) is 17.5. The Morgan fingerprint density at radius 1 is 1.25 bits per heavy atom. The van der Waals surface area contributed by atoms with Crippen molar-refractivity contribution >= 4 is 17.8 Å². The normalized spacial score (nSPS) is 23.5. The summed E-state index contributed by atoms with van der Waals surface area (Å²) in [6, 6.07) is 3.91. The van der Waals surface area contributed by atoms with E-state index in [9.17, 15) is 9.59 Å². The highest BCUT2D eigenvalue weighted by Crippen LogP contribution is 2.42. The Hall–Kier alpha value is -1.98. The fraction of sp³-hybridized carbons (Fsp3) is 0.474. The summed E-state index contributed by atoms with van der Waals surface area (Å²) in [5.41, 5.74) is 2.61. The zero-order valence-electron chi connectivity index (χ0n) is 14.4. The fourth-order valence-electron chi connectivity index (χ4n) is 3.88. The first-order valence-electron chi connectivity index (χ1n) is 8.21. The summed E-state index contributed by atoms with van der Waals surface area (Å²) < 4.78 is 5.64. The van der Waals surface area contributed by atoms with E-state index in [-0.39, 0.29) is 5.78 Å². The van der Waals surface area contributed by atoms with Gasteiger partial charge in [0.05, 0.1) is 7.11 Å². The Bertz CT molecular complexity index is 678. The highest BCUT2D eigenvalue weighted by atomic mass is 16.7. The molecule has 0 bridgehead atoms. The van der Waals surface area contributed by atoms with Gasteiger partial charge >= 0.3 is 5.97 Å². The second-order valence-electron chi connectivity index (χ2n) is 6.60. The minimum absolute atomic E-state index is 0.110. The van der Waals surface area contributed by atoms with Gasteiger partial charge in [-0.1, -0.05) is 24.8 Å². The Labute approximate surface area is 142 Å². The van der Waals surface area contributed by atoms with Crippen molar-refractivity contribution in [2.24, 2.45) is 0 Å². The molecule has 0 radical (unpaired) electrons. The monoisotopic (exact) mass is 329 g/mol. The van der Waals surface area contributed by atoms with Crippen LogP contribution in [0.4, 0.5) is 0 Å². The first kappa shape index (κ1) is 16.9. The van der Waals surface area contributed by atoms with E-state index in [0.29, 0.717) is 25.9 Å². The first-order chi connectivity index (χ1) is 11.4. The van der Waals surface area contributed by atoms with Crippen molar-refractivity contribution in [3.8, 4) is 0 Å². The zero-order valence-corrected chi connectivity index (χ0v) is 14.4. The van der Waals surface area contributed by atoms with Crippen LogP contribution in [-0.4, -0.2) is 42.6 Å². The molecule has 3 rings (SSSR count). The maximum Gasteiger partial charge on any atom is 0.322 e. The molecule has 5 nitrogen and oxygen atoms in total. The van der Waals surface area contributed by atoms with Crippen molar-refractivity contribution in [3.05, 3.63) is 41.0 Å². The number of aryl methyl sites for hydroxylation is 2. The molecule has 24 heavy (non-hydrogen) atoms. The van der Waals surface area contributed by atoms with Gasteiger partial charge in [-0.05, 0) is 36.1 Å². The van der Waals surface area contributed by atoms with Crippen LogP contribution in [-0.2, 0) is 19.2 Å². The number of nitrogens with zero attached hydrogens (tertiary/aromatic N) is 1. The molecule has 1 unspecified atom stereocenters. The van der Waals surface area contributed by atoms with Gasteiger partial charge in [0.2, 0.25) is 0 Å². The molecule has 0 aromatic heterocycles. The average Bonchev–Trinajstić information content (AvgIpc) is 2.79. The molecule has 2 saturated heterocycles. The largest absolute Gasteiger partial charge is 0.450 e. The van der Waals surface area contributed by atoms with Crippen LogP contribution in [0.15, 0.2) is 18.7 Å². The SMILES string of the molecule is C=Cc1cc(C)c(C2C(=O)OC3(CCN(OC)CC3)C2=O)c(C)c1. The third kappa shape index (κ3) is 2.58. The number of piperidine rings is 1. The molecule has 0 N–H and O–H groups in total. The van der Waals surface area contributed by atoms with E-state index < -0.39 is 17.5 Å². The van der Waals surface area contributed by atoms with Gasteiger partial charge in [0, 0.05) is 25.9 Å². The third-order valence-corrected chi connectivity index (χ3v) is 5.17. The van der Waals surface area contributed by atoms with Crippen LogP contribution in [0, 0.1) is 13.8 Å². The predicted molar refractivity (Wildman–Crippen MR) is 90.4 cm³/mol. The van der Waals surface area contributed by atoms with Crippen LogP contribution in [0.2, 0.25) is 0 Å². The van der Waals surface area contributed by atoms with Gasteiger partial charge in [0.25, 0.3) is 0 Å². The molecule has 2 aliphatic heterocycles. The van der Waals surface area contributed by atoms with E-state index in [1.165, 1.54) is 0 Å². The van der Waals surface area contributed by atoms with E-state index >= 15 is 0 Å². The summed E-state index contributed by atoms with van der Waals surface area (Å²) in [6.45, 7) is 8.79. The van der Waals surface area contributed by atoms with E-state index in [2.05, 4.69) is 6.58 Å². The van der Waals surface area contributed by atoms with Gasteiger partial charge in [-0.2, -0.15) is 5.06 Å². The molecule has 2 fully saturated rings. The molecule has 128 valence electrons. The molecule has 5 heteroatoms. The number of rotatable bonds is 3. The van der Waals surface area contributed by atoms with E-state index in [0.717, 1.165) is 22.3 Å². The number of carbonyl (C=O) groups is 2. The highest BCUT2D eigenvalue weighted by Gasteiger charge is 2.57. The Kier molecular flexibility index (Phi) is 4.32. The molecule has 2 heterocycles. The molecule has 1 aromatic rings. The molecular formula is C19H23NO4. The molecule has 0 aliphatic carbocycles. The number of hydroxylamine groups is 2. The number of hydrogen-bond acceptors (Lipinski definition) is 5. The van der Waals surface area contributed by atoms with Gasteiger partial charge in [0.15, 0.2) is 11.4 Å². The van der Waals surface area contributed by atoms with Crippen LogP contribution in [0.3, 0.4) is 0 Å². The van der Waals surface area contributed by atoms with E-state index in [4.69, 9.17) is 9.57 Å². The van der Waals surface area contributed by atoms with Gasteiger partial charge in [-0.3, -0.25) is 9.59 Å². The van der Waals surface area contributed by atoms with Gasteiger partial charge < -0.3 is 9.57 Å². The number of ketones is 1. The van der Waals surface area contributed by atoms with Crippen LogP contribution in [0.5, 0.6) is 0 Å². The minimum Gasteiger partial charge on any atom is -0.450 e. The lowest BCUT2D eigenvalue weighted by Crippen LogP contribution is -2.48. The molecule has 2 aliphatic rings. The topological polar surface area (TPSA) is 55.8 Å². The summed E-state index contributed by atoms with van der Waals surface area (Å²) >= 11 is 0. The highest BCUT2D eigenvalue weighted by molar-refractivity contribution is 6.14. The molecule has 1 aromatic carbocycles. The standard InChI is InChI=1S/C19H23NO4/c1-5-14-10-12(2)15(13(3)11-14)16-17(21)19(24-18(16)22)6-8-20(23-4)9-7-19/h5,10-11,16H,1,6-9H2,2-4H3. The number of ether oxygens (including phenoxy) is 1. The number of hydrogen-bond donors (Lipinski definition) is 0. The quantitative estimate of drug-likeness (QED) is 0.630. The molecule has 0 saturated carbocycles. The maximum absolute atomic E-state index is 13.1. The van der Waals surface area contributed by atoms with Crippen molar-refractivity contribution in [2.45, 2.75) is 38.2 Å². The number of carbonyl (C=O) groups excluding carboxylic acids is 2. The van der Waals surface area contributed by atoms with Gasteiger partial charge in [0.1, 0.15) is 5.92 Å². The Morgan fingerprint density at radius 2 is 1.83 bits per heavy atom. The summed E-state index contributed by atoms with van der Waals surface area (Å²) in [5, 5.41) is 1.79. The number of esters is 1. The lowest BCUT2D eigenvalue weighted by Gasteiger charge is -2.35. The van der Waals surface area contributed by atoms with Crippen LogP contribution in [0.1, 0.15) is 41.0 Å². The minimum atomic E-state index is -0.993. The van der Waals surface area contributed by atoms with E-state index in [1.807, 2.05) is 26.0 Å². The average molecular weight is 329 g/mol. The smallest absolute Gasteiger partial charge is 0.322 e. The van der Waals surface area contributed by atoms with Crippen molar-refractivity contribution in [1.29, 1.82) is 0 Å². The van der Waals surface area contributed by atoms with Crippen LogP contribution >= 0.6 is 0 Å². The van der Waals surface area contributed by atoms with Crippen molar-refractivity contribution in [3.63, 3.8) is 0 Å². The maximum atomic E-state index is 13.1. The summed E-state index contributed by atoms with van der Waals surface area (Å²) in [6.07, 6.45) is 2.72. The van der Waals surface area contributed by atoms with Crippen molar-refractivity contribution in [1.82, 2.24) is 5.06 Å². The van der Waals surface area contributed by atoms with Gasteiger partial charge in [-0.15, -0.1) is 0 Å². The summed E-state index contributed by atoms with van der Waals surface area (Å²) in [4.78, 5) is 30.9. The van der Waals surface area contributed by atoms with Crippen LogP contribution in [0.25, 0.3) is 6.08 Å². The predicted octanol–water partition coefficient (Wildman–Crippen LogP) is 2.55. The number of benzene rings is 1. The second-order valence-corrected chi connectivity index (χ2v) is 6.60. The summed E-state index contributed by atoms with van der Waals surface area (Å²) in [5.74, 6) is -1.36.